The minimum atomic E-state index is -3.99. The van der Waals surface area contributed by atoms with Crippen LogP contribution >= 0.6 is 0 Å². The smallest absolute Gasteiger partial charge is 0.266 e. The third-order valence-electron chi connectivity index (χ3n) is 7.06. The first-order valence-corrected chi connectivity index (χ1v) is 14.3. The summed E-state index contributed by atoms with van der Waals surface area (Å²) in [5.74, 6) is -0.0108. The van der Waals surface area contributed by atoms with Gasteiger partial charge >= 0.3 is 0 Å². The van der Waals surface area contributed by atoms with E-state index in [-0.39, 0.29) is 45.3 Å². The molecule has 0 saturated carbocycles. The van der Waals surface area contributed by atoms with Gasteiger partial charge in [0.25, 0.3) is 15.6 Å². The Balaban J connectivity index is 1.65. The molecule has 0 spiro atoms. The predicted octanol–water partition coefficient (Wildman–Crippen LogP) is 6.10. The fraction of sp³-hybridized carbons (Fsp3) is 0.300. The Morgan fingerprint density at radius 2 is 1.45 bits per heavy atom. The van der Waals surface area contributed by atoms with E-state index in [1.165, 1.54) is 10.6 Å². The molecule has 1 aliphatic heterocycles. The molecule has 0 fully saturated rings. The number of nitrogens with one attached hydrogen (secondary N) is 1. The summed E-state index contributed by atoms with van der Waals surface area (Å²) >= 11 is 0. The molecular formula is C30H31N3O4S. The van der Waals surface area contributed by atoms with Gasteiger partial charge in [0, 0.05) is 5.69 Å². The molecule has 0 atom stereocenters. The summed E-state index contributed by atoms with van der Waals surface area (Å²) in [5, 5.41) is 0.224. The van der Waals surface area contributed by atoms with Gasteiger partial charge in [0.2, 0.25) is 5.78 Å². The Hall–Kier alpha value is -3.78. The van der Waals surface area contributed by atoms with E-state index in [0.717, 1.165) is 16.7 Å². The second-order valence-corrected chi connectivity index (χ2v) is 12.4. The van der Waals surface area contributed by atoms with Crippen molar-refractivity contribution in [2.45, 2.75) is 64.2 Å². The van der Waals surface area contributed by atoms with Crippen molar-refractivity contribution in [3.63, 3.8) is 0 Å². The Morgan fingerprint density at radius 1 is 0.816 bits per heavy atom. The molecule has 5 rings (SSSR count). The lowest BCUT2D eigenvalue weighted by Crippen LogP contribution is -2.22. The van der Waals surface area contributed by atoms with Crippen LogP contribution in [0.1, 0.15) is 92.2 Å². The standard InChI is InChI=1S/C30H31N3O4S/c1-16(2)19-13-22(17(3)4)28(23(14-19)18(5)6)38(36,37)32-20-11-12-25-24(15-20)30(35)33-26-10-8-7-9-21(26)27(34)29(33)31-25/h7-18,32H,1-6H3. The van der Waals surface area contributed by atoms with Crippen molar-refractivity contribution in [2.24, 2.45) is 0 Å². The van der Waals surface area contributed by atoms with Gasteiger partial charge in [0.1, 0.15) is 0 Å². The summed E-state index contributed by atoms with van der Waals surface area (Å²) in [7, 11) is -3.99. The van der Waals surface area contributed by atoms with E-state index in [9.17, 15) is 18.0 Å². The zero-order valence-electron chi connectivity index (χ0n) is 22.4. The predicted molar refractivity (Wildman–Crippen MR) is 150 cm³/mol. The number of benzene rings is 3. The van der Waals surface area contributed by atoms with Crippen LogP contribution < -0.4 is 10.3 Å². The average Bonchev–Trinajstić information content (AvgIpc) is 3.15. The van der Waals surface area contributed by atoms with E-state index in [1.54, 1.807) is 36.4 Å². The third-order valence-corrected chi connectivity index (χ3v) is 8.57. The Labute approximate surface area is 222 Å². The summed E-state index contributed by atoms with van der Waals surface area (Å²) in [6.45, 7) is 12.2. The maximum Gasteiger partial charge on any atom is 0.266 e. The van der Waals surface area contributed by atoms with Gasteiger partial charge in [-0.25, -0.2) is 13.4 Å². The van der Waals surface area contributed by atoms with Crippen LogP contribution in [0.3, 0.4) is 0 Å². The normalized spacial score (nSPS) is 13.0. The molecule has 3 aromatic carbocycles. The van der Waals surface area contributed by atoms with Gasteiger partial charge in [0.05, 0.1) is 27.0 Å². The van der Waals surface area contributed by atoms with Crippen LogP contribution in [-0.4, -0.2) is 23.8 Å². The second-order valence-electron chi connectivity index (χ2n) is 10.8. The molecule has 8 heteroatoms. The number of hydrogen-bond acceptors (Lipinski definition) is 5. The SMILES string of the molecule is CC(C)c1cc(C(C)C)c(S(=O)(=O)Nc2ccc3nc4n(c(=O)c3c2)-c2ccccc2C4=O)c(C(C)C)c1. The molecule has 0 unspecified atom stereocenters. The first kappa shape index (κ1) is 25.9. The molecule has 1 aromatic heterocycles. The topological polar surface area (TPSA) is 98.1 Å². The molecule has 0 bridgehead atoms. The zero-order valence-corrected chi connectivity index (χ0v) is 23.2. The number of carbonyl (C=O) groups is 1. The van der Waals surface area contributed by atoms with Crippen molar-refractivity contribution in [3.05, 3.63) is 93.0 Å². The highest BCUT2D eigenvalue weighted by Gasteiger charge is 2.31. The van der Waals surface area contributed by atoms with Crippen LogP contribution in [0.15, 0.2) is 64.3 Å². The number of hydrogen-bond donors (Lipinski definition) is 1. The minimum absolute atomic E-state index is 0.0107. The number of aromatic nitrogens is 2. The average molecular weight is 530 g/mol. The molecule has 4 aromatic rings. The van der Waals surface area contributed by atoms with E-state index < -0.39 is 15.6 Å². The van der Waals surface area contributed by atoms with Crippen LogP contribution in [-0.2, 0) is 10.0 Å². The number of nitrogens with zero attached hydrogens (tertiary/aromatic N) is 2. The van der Waals surface area contributed by atoms with Crippen molar-refractivity contribution in [1.82, 2.24) is 9.55 Å². The van der Waals surface area contributed by atoms with Crippen LogP contribution in [0.2, 0.25) is 0 Å². The summed E-state index contributed by atoms with van der Waals surface area (Å²) in [4.78, 5) is 31.1. The first-order chi connectivity index (χ1) is 17.9. The van der Waals surface area contributed by atoms with E-state index in [1.807, 2.05) is 39.8 Å². The highest BCUT2D eigenvalue weighted by molar-refractivity contribution is 7.92. The van der Waals surface area contributed by atoms with Crippen LogP contribution in [0.5, 0.6) is 0 Å². The minimum Gasteiger partial charge on any atom is -0.285 e. The van der Waals surface area contributed by atoms with Gasteiger partial charge in [-0.2, -0.15) is 0 Å². The number of sulfonamides is 1. The number of fused-ring (bicyclic) bond motifs is 4. The molecule has 1 aliphatic rings. The lowest BCUT2D eigenvalue weighted by molar-refractivity contribution is 0.103. The molecule has 196 valence electrons. The first-order valence-electron chi connectivity index (χ1n) is 12.8. The maximum atomic E-state index is 13.9. The van der Waals surface area contributed by atoms with Gasteiger partial charge in [0.15, 0.2) is 5.82 Å². The Kier molecular flexibility index (Phi) is 6.26. The molecule has 0 saturated heterocycles. The molecule has 2 heterocycles. The second kappa shape index (κ2) is 9.20. The quantitative estimate of drug-likeness (QED) is 0.287. The monoisotopic (exact) mass is 529 g/mol. The van der Waals surface area contributed by atoms with Crippen molar-refractivity contribution in [2.75, 3.05) is 4.72 Å². The number of rotatable bonds is 6. The lowest BCUT2D eigenvalue weighted by atomic mass is 9.89. The van der Waals surface area contributed by atoms with Gasteiger partial charge < -0.3 is 0 Å². The highest BCUT2D eigenvalue weighted by Crippen LogP contribution is 2.36. The number of para-hydroxylation sites is 1. The zero-order chi connectivity index (χ0) is 27.5. The van der Waals surface area contributed by atoms with Gasteiger partial charge in [-0.1, -0.05) is 65.8 Å². The fourth-order valence-electron chi connectivity index (χ4n) is 5.01. The van der Waals surface area contributed by atoms with Crippen LogP contribution in [0.4, 0.5) is 5.69 Å². The molecule has 7 nitrogen and oxygen atoms in total. The van der Waals surface area contributed by atoms with E-state index in [2.05, 4.69) is 23.6 Å². The summed E-state index contributed by atoms with van der Waals surface area (Å²) in [6, 6.07) is 15.5. The fourth-order valence-corrected chi connectivity index (χ4v) is 6.76. The van der Waals surface area contributed by atoms with Crippen molar-refractivity contribution in [3.8, 4) is 5.69 Å². The number of anilines is 1. The van der Waals surface area contributed by atoms with Crippen molar-refractivity contribution >= 4 is 32.4 Å². The Bertz CT molecular complexity index is 1750. The van der Waals surface area contributed by atoms with E-state index >= 15 is 0 Å². The molecule has 38 heavy (non-hydrogen) atoms. The summed E-state index contributed by atoms with van der Waals surface area (Å²) in [6.07, 6.45) is 0. The van der Waals surface area contributed by atoms with E-state index in [4.69, 9.17) is 0 Å². The molecule has 0 aliphatic carbocycles. The molecule has 1 N–H and O–H groups in total. The number of ketones is 1. The third kappa shape index (κ3) is 4.13. The van der Waals surface area contributed by atoms with Crippen LogP contribution in [0, 0.1) is 0 Å². The molecule has 0 amide bonds. The molecule has 0 radical (unpaired) electrons. The van der Waals surface area contributed by atoms with Gasteiger partial charge in [-0.15, -0.1) is 0 Å². The summed E-state index contributed by atoms with van der Waals surface area (Å²) in [5.41, 5.74) is 3.70. The van der Waals surface area contributed by atoms with Gasteiger partial charge in [-0.05, 0) is 64.8 Å². The summed E-state index contributed by atoms with van der Waals surface area (Å²) < 4.78 is 31.8. The lowest BCUT2D eigenvalue weighted by Gasteiger charge is -2.23. The van der Waals surface area contributed by atoms with Crippen molar-refractivity contribution in [1.29, 1.82) is 0 Å². The maximum absolute atomic E-state index is 13.9. The largest absolute Gasteiger partial charge is 0.285 e. The van der Waals surface area contributed by atoms with Crippen LogP contribution in [0.25, 0.3) is 16.6 Å². The van der Waals surface area contributed by atoms with Gasteiger partial charge in [-0.3, -0.25) is 18.9 Å². The highest BCUT2D eigenvalue weighted by atomic mass is 32.2. The number of carbonyl (C=O) groups excluding carboxylic acids is 1. The molecular weight excluding hydrogens is 498 g/mol. The van der Waals surface area contributed by atoms with E-state index in [0.29, 0.717) is 16.8 Å². The Morgan fingerprint density at radius 3 is 2.05 bits per heavy atom. The van der Waals surface area contributed by atoms with Crippen molar-refractivity contribution < 1.29 is 13.2 Å².